The average molecular weight is 268 g/mol. The molecule has 0 unspecified atom stereocenters. The van der Waals surface area contributed by atoms with Gasteiger partial charge in [-0.25, -0.2) is 4.79 Å². The molecule has 0 saturated carbocycles. The van der Waals surface area contributed by atoms with Crippen LogP contribution in [-0.2, 0) is 11.2 Å². The molecule has 20 heavy (non-hydrogen) atoms. The summed E-state index contributed by atoms with van der Waals surface area (Å²) in [6.45, 7) is 1.98. The normalized spacial score (nSPS) is 10.1. The second kappa shape index (κ2) is 6.15. The van der Waals surface area contributed by atoms with Crippen molar-refractivity contribution >= 4 is 11.8 Å². The van der Waals surface area contributed by atoms with Crippen molar-refractivity contribution < 1.29 is 14.3 Å². The van der Waals surface area contributed by atoms with E-state index in [9.17, 15) is 9.59 Å². The highest BCUT2D eigenvalue weighted by Gasteiger charge is 2.17. The van der Waals surface area contributed by atoms with Crippen LogP contribution in [0.1, 0.15) is 31.8 Å². The van der Waals surface area contributed by atoms with Gasteiger partial charge in [-0.1, -0.05) is 48.0 Å². The number of carbonyl (C=O) groups excluding carboxylic acids is 2. The number of ether oxygens (including phenoxy) is 1. The molecule has 0 spiro atoms. The van der Waals surface area contributed by atoms with Crippen molar-refractivity contribution in [1.29, 1.82) is 0 Å². The molecule has 0 aromatic heterocycles. The number of Topliss-reactive ketones (excluding diaryl/α,β-unsaturated/α-hetero) is 1. The third-order valence-corrected chi connectivity index (χ3v) is 3.08. The summed E-state index contributed by atoms with van der Waals surface area (Å²) in [5.74, 6) is -0.574. The van der Waals surface area contributed by atoms with Crippen LogP contribution in [0, 0.1) is 6.92 Å². The molecule has 3 nitrogen and oxygen atoms in total. The average Bonchev–Trinajstić information content (AvgIpc) is 2.46. The van der Waals surface area contributed by atoms with Crippen LogP contribution < -0.4 is 0 Å². The van der Waals surface area contributed by atoms with E-state index in [1.807, 2.05) is 31.2 Å². The Balaban J connectivity index is 2.28. The maximum Gasteiger partial charge on any atom is 0.338 e. The summed E-state index contributed by atoms with van der Waals surface area (Å²) in [6.07, 6.45) is 0.273. The van der Waals surface area contributed by atoms with Crippen LogP contribution in [0.5, 0.6) is 0 Å². The second-order valence-electron chi connectivity index (χ2n) is 4.63. The Kier molecular flexibility index (Phi) is 4.31. The van der Waals surface area contributed by atoms with Crippen LogP contribution in [0.2, 0.25) is 0 Å². The van der Waals surface area contributed by atoms with Gasteiger partial charge in [0.15, 0.2) is 5.78 Å². The Hall–Kier alpha value is -2.42. The van der Waals surface area contributed by atoms with Crippen molar-refractivity contribution in [1.82, 2.24) is 0 Å². The maximum absolute atomic E-state index is 12.4. The Morgan fingerprint density at radius 1 is 1.00 bits per heavy atom. The Morgan fingerprint density at radius 2 is 1.70 bits per heavy atom. The molecule has 0 bridgehead atoms. The molecule has 0 fully saturated rings. The first-order chi connectivity index (χ1) is 9.61. The lowest BCUT2D eigenvalue weighted by molar-refractivity contribution is 0.0597. The summed E-state index contributed by atoms with van der Waals surface area (Å²) in [7, 11) is 1.31. The highest BCUT2D eigenvalue weighted by molar-refractivity contribution is 6.07. The molecule has 0 aliphatic heterocycles. The fourth-order valence-electron chi connectivity index (χ4n) is 2.12. The molecule has 0 amide bonds. The van der Waals surface area contributed by atoms with Gasteiger partial charge in [-0.15, -0.1) is 0 Å². The monoisotopic (exact) mass is 268 g/mol. The highest BCUT2D eigenvalue weighted by Crippen LogP contribution is 2.14. The SMILES string of the molecule is COC(=O)c1ccccc1C(=O)Cc1cccc(C)c1. The smallest absolute Gasteiger partial charge is 0.338 e. The number of rotatable bonds is 4. The molecule has 2 rings (SSSR count). The predicted octanol–water partition coefficient (Wildman–Crippen LogP) is 3.21. The number of benzene rings is 2. The zero-order valence-corrected chi connectivity index (χ0v) is 11.6. The summed E-state index contributed by atoms with van der Waals surface area (Å²) >= 11 is 0. The van der Waals surface area contributed by atoms with Gasteiger partial charge in [-0.3, -0.25) is 4.79 Å². The number of esters is 1. The zero-order chi connectivity index (χ0) is 14.5. The van der Waals surface area contributed by atoms with Crippen molar-refractivity contribution in [3.05, 3.63) is 70.8 Å². The van der Waals surface area contributed by atoms with E-state index in [1.54, 1.807) is 24.3 Å². The minimum atomic E-state index is -0.488. The number of ketones is 1. The maximum atomic E-state index is 12.4. The summed E-state index contributed by atoms with van der Waals surface area (Å²) in [5, 5.41) is 0. The third kappa shape index (κ3) is 3.12. The van der Waals surface area contributed by atoms with Crippen LogP contribution in [0.15, 0.2) is 48.5 Å². The molecule has 0 N–H and O–H groups in total. The lowest BCUT2D eigenvalue weighted by atomic mass is 9.98. The van der Waals surface area contributed by atoms with Gasteiger partial charge in [0, 0.05) is 12.0 Å². The van der Waals surface area contributed by atoms with Crippen molar-refractivity contribution in [2.45, 2.75) is 13.3 Å². The number of methoxy groups -OCH3 is 1. The topological polar surface area (TPSA) is 43.4 Å². The molecule has 2 aromatic carbocycles. The van der Waals surface area contributed by atoms with Crippen molar-refractivity contribution in [2.24, 2.45) is 0 Å². The minimum Gasteiger partial charge on any atom is -0.465 e. The van der Waals surface area contributed by atoms with Crippen LogP contribution in [-0.4, -0.2) is 18.9 Å². The van der Waals surface area contributed by atoms with Gasteiger partial charge < -0.3 is 4.74 Å². The Bertz CT molecular complexity index is 644. The summed E-state index contributed by atoms with van der Waals surface area (Å²) < 4.78 is 4.71. The van der Waals surface area contributed by atoms with Crippen LogP contribution >= 0.6 is 0 Å². The minimum absolute atomic E-state index is 0.0865. The van der Waals surface area contributed by atoms with Gasteiger partial charge >= 0.3 is 5.97 Å². The Labute approximate surface area is 118 Å². The van der Waals surface area contributed by atoms with E-state index in [4.69, 9.17) is 4.74 Å². The number of carbonyl (C=O) groups is 2. The largest absolute Gasteiger partial charge is 0.465 e. The highest BCUT2D eigenvalue weighted by atomic mass is 16.5. The first kappa shape index (κ1) is 14.0. The molecule has 102 valence electrons. The zero-order valence-electron chi connectivity index (χ0n) is 11.6. The summed E-state index contributed by atoms with van der Waals surface area (Å²) in [4.78, 5) is 24.0. The number of hydrogen-bond donors (Lipinski definition) is 0. The van der Waals surface area contributed by atoms with Crippen LogP contribution in [0.25, 0.3) is 0 Å². The van der Waals surface area contributed by atoms with E-state index in [-0.39, 0.29) is 12.2 Å². The first-order valence-corrected chi connectivity index (χ1v) is 6.38. The van der Waals surface area contributed by atoms with E-state index in [0.29, 0.717) is 11.1 Å². The predicted molar refractivity (Wildman–Crippen MR) is 77.0 cm³/mol. The van der Waals surface area contributed by atoms with Crippen LogP contribution in [0.4, 0.5) is 0 Å². The molecule has 0 heterocycles. The van der Waals surface area contributed by atoms with Crippen molar-refractivity contribution in [3.8, 4) is 0 Å². The fourth-order valence-corrected chi connectivity index (χ4v) is 2.12. The molecule has 0 aliphatic rings. The van der Waals surface area contributed by atoms with Gasteiger partial charge in [0.2, 0.25) is 0 Å². The van der Waals surface area contributed by atoms with E-state index in [2.05, 4.69) is 0 Å². The molecule has 0 saturated heterocycles. The summed E-state index contributed by atoms with van der Waals surface area (Å²) in [5.41, 5.74) is 2.76. The molecule has 0 atom stereocenters. The second-order valence-corrected chi connectivity index (χ2v) is 4.63. The molecule has 0 aliphatic carbocycles. The van der Waals surface area contributed by atoms with Gasteiger partial charge in [0.1, 0.15) is 0 Å². The van der Waals surface area contributed by atoms with Gasteiger partial charge in [-0.2, -0.15) is 0 Å². The van der Waals surface area contributed by atoms with Gasteiger partial charge in [-0.05, 0) is 18.6 Å². The molecular formula is C17H16O3. The Morgan fingerprint density at radius 3 is 2.35 bits per heavy atom. The lowest BCUT2D eigenvalue weighted by Gasteiger charge is -2.07. The summed E-state index contributed by atoms with van der Waals surface area (Å²) in [6, 6.07) is 14.5. The quantitative estimate of drug-likeness (QED) is 0.631. The number of aryl methyl sites for hydroxylation is 1. The van der Waals surface area contributed by atoms with E-state index in [1.165, 1.54) is 7.11 Å². The number of hydrogen-bond acceptors (Lipinski definition) is 3. The van der Waals surface area contributed by atoms with E-state index >= 15 is 0 Å². The van der Waals surface area contributed by atoms with E-state index < -0.39 is 5.97 Å². The van der Waals surface area contributed by atoms with Crippen LogP contribution in [0.3, 0.4) is 0 Å². The first-order valence-electron chi connectivity index (χ1n) is 6.38. The van der Waals surface area contributed by atoms with Crippen molar-refractivity contribution in [3.63, 3.8) is 0 Å². The molecule has 3 heteroatoms. The van der Waals surface area contributed by atoms with Gasteiger partial charge in [0.25, 0.3) is 0 Å². The fraction of sp³-hybridized carbons (Fsp3) is 0.176. The van der Waals surface area contributed by atoms with Gasteiger partial charge in [0.05, 0.1) is 12.7 Å². The molecular weight excluding hydrogens is 252 g/mol. The molecule has 0 radical (unpaired) electrons. The third-order valence-electron chi connectivity index (χ3n) is 3.08. The molecule has 2 aromatic rings. The standard InChI is InChI=1S/C17H16O3/c1-12-6-5-7-13(10-12)11-16(18)14-8-3-4-9-15(14)17(19)20-2/h3-10H,11H2,1-2H3. The van der Waals surface area contributed by atoms with Crippen molar-refractivity contribution in [2.75, 3.05) is 7.11 Å². The lowest BCUT2D eigenvalue weighted by Crippen LogP contribution is -2.12. The van der Waals surface area contributed by atoms with E-state index in [0.717, 1.165) is 11.1 Å².